The van der Waals surface area contributed by atoms with Crippen LogP contribution in [0, 0.1) is 6.92 Å². The van der Waals surface area contributed by atoms with Gasteiger partial charge in [0.2, 0.25) is 17.8 Å². The molecule has 3 N–H and O–H groups in total. The van der Waals surface area contributed by atoms with E-state index in [1.54, 1.807) is 24.5 Å². The number of nitrogens with one attached hydrogen (secondary N) is 3. The summed E-state index contributed by atoms with van der Waals surface area (Å²) in [5.74, 6) is 0.102. The highest BCUT2D eigenvalue weighted by Gasteiger charge is 2.32. The number of nitrogens with zero attached hydrogens (tertiary/aromatic N) is 4. The second kappa shape index (κ2) is 8.17. The van der Waals surface area contributed by atoms with Gasteiger partial charge in [-0.25, -0.2) is 19.9 Å². The lowest BCUT2D eigenvalue weighted by Crippen LogP contribution is -2.30. The Kier molecular flexibility index (Phi) is 5.40. The number of hydrogen-bond acceptors (Lipinski definition) is 7. The molecule has 4 rings (SSSR count). The molecule has 1 aliphatic rings. The Labute approximate surface area is 175 Å². The molecule has 8 nitrogen and oxygen atoms in total. The standard InChI is InChI=1S/C20H18F3N7O/c1-11-6-12(13-9-26-18(27-10-13)29-15-2-4-24-17(15)31)8-14(7-11)28-19-25-5-3-16(30-19)20(21,22)23/h3,5-10,15H,2,4H2,1H3,(H,24,31)(H,25,28,30)(H,26,27,29). The van der Waals surface area contributed by atoms with Gasteiger partial charge in [0.05, 0.1) is 0 Å². The molecule has 3 aromatic rings. The number of rotatable bonds is 5. The van der Waals surface area contributed by atoms with Gasteiger partial charge >= 0.3 is 6.18 Å². The second-order valence-corrected chi connectivity index (χ2v) is 7.05. The highest BCUT2D eigenvalue weighted by atomic mass is 19.4. The molecule has 3 heterocycles. The highest BCUT2D eigenvalue weighted by molar-refractivity contribution is 5.86. The van der Waals surface area contributed by atoms with Gasteiger partial charge < -0.3 is 16.0 Å². The molecule has 1 saturated heterocycles. The van der Waals surface area contributed by atoms with Crippen LogP contribution in [0.15, 0.2) is 42.9 Å². The van der Waals surface area contributed by atoms with E-state index < -0.39 is 11.9 Å². The Morgan fingerprint density at radius 1 is 1.06 bits per heavy atom. The third-order valence-electron chi connectivity index (χ3n) is 4.62. The van der Waals surface area contributed by atoms with E-state index in [1.807, 2.05) is 13.0 Å². The number of benzene rings is 1. The summed E-state index contributed by atoms with van der Waals surface area (Å²) in [5, 5.41) is 8.53. The highest BCUT2D eigenvalue weighted by Crippen LogP contribution is 2.29. The summed E-state index contributed by atoms with van der Waals surface area (Å²) in [6.07, 6.45) is 0.389. The van der Waals surface area contributed by atoms with Crippen molar-refractivity contribution in [3.05, 3.63) is 54.1 Å². The molecule has 31 heavy (non-hydrogen) atoms. The fourth-order valence-electron chi connectivity index (χ4n) is 3.17. The van der Waals surface area contributed by atoms with Crippen LogP contribution in [0.25, 0.3) is 11.1 Å². The normalized spacial score (nSPS) is 16.1. The van der Waals surface area contributed by atoms with Gasteiger partial charge in [-0.2, -0.15) is 13.2 Å². The van der Waals surface area contributed by atoms with Crippen LogP contribution in [0.5, 0.6) is 0 Å². The summed E-state index contributed by atoms with van der Waals surface area (Å²) in [6, 6.07) is 5.87. The molecule has 0 aliphatic carbocycles. The molecule has 1 atom stereocenters. The van der Waals surface area contributed by atoms with Crippen LogP contribution >= 0.6 is 0 Å². The third kappa shape index (κ3) is 4.87. The zero-order valence-electron chi connectivity index (χ0n) is 16.4. The molecule has 0 radical (unpaired) electrons. The summed E-state index contributed by atoms with van der Waals surface area (Å²) < 4.78 is 38.6. The number of hydrogen-bond donors (Lipinski definition) is 3. The first-order chi connectivity index (χ1) is 14.8. The Bertz CT molecular complexity index is 1100. The van der Waals surface area contributed by atoms with Gasteiger partial charge in [-0.15, -0.1) is 0 Å². The van der Waals surface area contributed by atoms with Crippen LogP contribution < -0.4 is 16.0 Å². The van der Waals surface area contributed by atoms with Crippen molar-refractivity contribution in [3.8, 4) is 11.1 Å². The molecule has 1 amide bonds. The van der Waals surface area contributed by atoms with Gasteiger partial charge in [-0.05, 0) is 42.7 Å². The molecule has 1 fully saturated rings. The topological polar surface area (TPSA) is 105 Å². The number of aromatic nitrogens is 4. The van der Waals surface area contributed by atoms with Crippen molar-refractivity contribution in [2.45, 2.75) is 25.6 Å². The largest absolute Gasteiger partial charge is 0.433 e. The number of alkyl halides is 3. The van der Waals surface area contributed by atoms with Crippen LogP contribution in [0.2, 0.25) is 0 Å². The Morgan fingerprint density at radius 3 is 2.52 bits per heavy atom. The number of halogens is 3. The van der Waals surface area contributed by atoms with Crippen molar-refractivity contribution in [1.29, 1.82) is 0 Å². The zero-order valence-corrected chi connectivity index (χ0v) is 16.4. The van der Waals surface area contributed by atoms with Crippen LogP contribution in [0.3, 0.4) is 0 Å². The lowest BCUT2D eigenvalue weighted by molar-refractivity contribution is -0.141. The molecule has 2 aromatic heterocycles. The molecule has 1 unspecified atom stereocenters. The summed E-state index contributed by atoms with van der Waals surface area (Å²) in [5.41, 5.74) is 1.85. The fourth-order valence-corrected chi connectivity index (χ4v) is 3.17. The first-order valence-electron chi connectivity index (χ1n) is 9.43. The zero-order chi connectivity index (χ0) is 22.0. The maximum Gasteiger partial charge on any atom is 0.433 e. The summed E-state index contributed by atoms with van der Waals surface area (Å²) >= 11 is 0. The van der Waals surface area contributed by atoms with Crippen LogP contribution in [0.4, 0.5) is 30.8 Å². The number of carbonyl (C=O) groups is 1. The summed E-state index contributed by atoms with van der Waals surface area (Å²) in [7, 11) is 0. The van der Waals surface area contributed by atoms with E-state index >= 15 is 0 Å². The van der Waals surface area contributed by atoms with Crippen molar-refractivity contribution in [1.82, 2.24) is 25.3 Å². The molecular formula is C20H18F3N7O. The van der Waals surface area contributed by atoms with E-state index in [9.17, 15) is 18.0 Å². The van der Waals surface area contributed by atoms with Gasteiger partial charge in [0.1, 0.15) is 11.7 Å². The summed E-state index contributed by atoms with van der Waals surface area (Å²) in [4.78, 5) is 27.6. The van der Waals surface area contributed by atoms with E-state index in [-0.39, 0.29) is 17.9 Å². The lowest BCUT2D eigenvalue weighted by atomic mass is 10.1. The SMILES string of the molecule is Cc1cc(Nc2nccc(C(F)(F)F)n2)cc(-c2cnc(NC3CCNC3=O)nc2)c1. The average Bonchev–Trinajstić information content (AvgIpc) is 3.12. The van der Waals surface area contributed by atoms with Crippen molar-refractivity contribution in [2.24, 2.45) is 0 Å². The first-order valence-corrected chi connectivity index (χ1v) is 9.43. The molecule has 0 bridgehead atoms. The Hall–Kier alpha value is -3.76. The minimum atomic E-state index is -4.55. The average molecular weight is 429 g/mol. The number of amides is 1. The quantitative estimate of drug-likeness (QED) is 0.572. The van der Waals surface area contributed by atoms with Crippen molar-refractivity contribution >= 4 is 23.5 Å². The molecule has 1 aromatic carbocycles. The maximum absolute atomic E-state index is 12.9. The van der Waals surface area contributed by atoms with Gasteiger partial charge in [0.15, 0.2) is 0 Å². The third-order valence-corrected chi connectivity index (χ3v) is 4.62. The fraction of sp³-hybridized carbons (Fsp3) is 0.250. The van der Waals surface area contributed by atoms with Crippen molar-refractivity contribution < 1.29 is 18.0 Å². The number of aryl methyl sites for hydroxylation is 1. The van der Waals surface area contributed by atoms with E-state index in [0.29, 0.717) is 30.2 Å². The Morgan fingerprint density at radius 2 is 1.84 bits per heavy atom. The van der Waals surface area contributed by atoms with E-state index in [1.165, 1.54) is 0 Å². The van der Waals surface area contributed by atoms with Crippen LogP contribution in [-0.4, -0.2) is 38.4 Å². The lowest BCUT2D eigenvalue weighted by Gasteiger charge is -2.12. The van der Waals surface area contributed by atoms with Crippen molar-refractivity contribution in [2.75, 3.05) is 17.2 Å². The summed E-state index contributed by atoms with van der Waals surface area (Å²) in [6.45, 7) is 2.47. The monoisotopic (exact) mass is 429 g/mol. The predicted molar refractivity (Wildman–Crippen MR) is 108 cm³/mol. The molecule has 0 spiro atoms. The predicted octanol–water partition coefficient (Wildman–Crippen LogP) is 3.30. The van der Waals surface area contributed by atoms with Gasteiger partial charge in [0, 0.05) is 36.4 Å². The van der Waals surface area contributed by atoms with Crippen LogP contribution in [0.1, 0.15) is 17.7 Å². The molecule has 1 aliphatic heterocycles. The molecule has 0 saturated carbocycles. The molecule has 11 heteroatoms. The minimum absolute atomic E-state index is 0.0844. The van der Waals surface area contributed by atoms with Gasteiger partial charge in [0.25, 0.3) is 0 Å². The van der Waals surface area contributed by atoms with Gasteiger partial charge in [-0.1, -0.05) is 6.07 Å². The van der Waals surface area contributed by atoms with Gasteiger partial charge in [-0.3, -0.25) is 4.79 Å². The minimum Gasteiger partial charge on any atom is -0.354 e. The molecule has 160 valence electrons. The van der Waals surface area contributed by atoms with E-state index in [4.69, 9.17) is 0 Å². The van der Waals surface area contributed by atoms with E-state index in [0.717, 1.165) is 23.4 Å². The Balaban J connectivity index is 1.53. The molecular weight excluding hydrogens is 411 g/mol. The van der Waals surface area contributed by atoms with Crippen molar-refractivity contribution in [3.63, 3.8) is 0 Å². The number of carbonyl (C=O) groups excluding carboxylic acids is 1. The van der Waals surface area contributed by atoms with E-state index in [2.05, 4.69) is 35.9 Å². The maximum atomic E-state index is 12.9. The smallest absolute Gasteiger partial charge is 0.354 e. The second-order valence-electron chi connectivity index (χ2n) is 7.05. The van der Waals surface area contributed by atoms with Crippen LogP contribution in [-0.2, 0) is 11.0 Å². The first kappa shape index (κ1) is 20.5. The number of anilines is 3.